The Morgan fingerprint density at radius 2 is 2.00 bits per heavy atom. The molecule has 3 rings (SSSR count). The molecule has 0 aliphatic rings. The van der Waals surface area contributed by atoms with Crippen LogP contribution in [0.5, 0.6) is 0 Å². The normalized spacial score (nSPS) is 10.6. The third-order valence-electron chi connectivity index (χ3n) is 3.58. The van der Waals surface area contributed by atoms with Gasteiger partial charge in [-0.15, -0.1) is 11.3 Å². The quantitative estimate of drug-likeness (QED) is 0.751. The van der Waals surface area contributed by atoms with Gasteiger partial charge in [0.25, 0.3) is 0 Å². The van der Waals surface area contributed by atoms with Crippen LogP contribution in [0.2, 0.25) is 0 Å². The van der Waals surface area contributed by atoms with Crippen LogP contribution < -0.4 is 5.32 Å². The van der Waals surface area contributed by atoms with E-state index in [0.717, 1.165) is 33.1 Å². The lowest BCUT2D eigenvalue weighted by Gasteiger charge is -2.07. The van der Waals surface area contributed by atoms with Crippen molar-refractivity contribution < 1.29 is 4.79 Å². The Labute approximate surface area is 145 Å². The number of aromatic nitrogens is 2. The van der Waals surface area contributed by atoms with E-state index in [1.165, 1.54) is 0 Å². The predicted molar refractivity (Wildman–Crippen MR) is 98.2 cm³/mol. The molecule has 2 heterocycles. The molecule has 1 amide bonds. The molecule has 5 heteroatoms. The minimum Gasteiger partial charge on any atom is -0.326 e. The van der Waals surface area contributed by atoms with Gasteiger partial charge in [-0.05, 0) is 49.2 Å². The third-order valence-corrected chi connectivity index (χ3v) is 4.49. The Balaban J connectivity index is 1.58. The summed E-state index contributed by atoms with van der Waals surface area (Å²) in [6.07, 6.45) is 4.61. The van der Waals surface area contributed by atoms with E-state index in [9.17, 15) is 4.79 Å². The van der Waals surface area contributed by atoms with Crippen LogP contribution in [-0.2, 0) is 11.2 Å². The standard InChI is InChI=1S/C19H19N3OS/c1-13-8-14(2)10-16(9-13)21-18(23)5-6-19-22-17(12-24-19)15-4-3-7-20-11-15/h3-4,7-12H,5-6H2,1-2H3,(H,21,23). The molecule has 0 atom stereocenters. The molecule has 0 spiro atoms. The Morgan fingerprint density at radius 1 is 1.21 bits per heavy atom. The first-order chi connectivity index (χ1) is 11.6. The SMILES string of the molecule is Cc1cc(C)cc(NC(=O)CCc2nc(-c3cccnc3)cs2)c1. The fourth-order valence-corrected chi connectivity index (χ4v) is 3.37. The van der Waals surface area contributed by atoms with Crippen molar-refractivity contribution >= 4 is 22.9 Å². The lowest BCUT2D eigenvalue weighted by molar-refractivity contribution is -0.116. The summed E-state index contributed by atoms with van der Waals surface area (Å²) in [5, 5.41) is 5.93. The fourth-order valence-electron chi connectivity index (χ4n) is 2.56. The van der Waals surface area contributed by atoms with Crippen molar-refractivity contribution in [3.05, 3.63) is 64.2 Å². The van der Waals surface area contributed by atoms with Gasteiger partial charge in [0.15, 0.2) is 0 Å². The van der Waals surface area contributed by atoms with Gasteiger partial charge in [-0.25, -0.2) is 4.98 Å². The average molecular weight is 337 g/mol. The molecule has 0 bridgehead atoms. The highest BCUT2D eigenvalue weighted by molar-refractivity contribution is 7.09. The second-order valence-corrected chi connectivity index (χ2v) is 6.74. The molecular formula is C19H19N3OS. The number of carbonyl (C=O) groups excluding carboxylic acids is 1. The summed E-state index contributed by atoms with van der Waals surface area (Å²) < 4.78 is 0. The number of pyridine rings is 1. The van der Waals surface area contributed by atoms with Crippen molar-refractivity contribution in [1.82, 2.24) is 9.97 Å². The van der Waals surface area contributed by atoms with Crippen molar-refractivity contribution in [2.75, 3.05) is 5.32 Å². The minimum absolute atomic E-state index is 0.0122. The van der Waals surface area contributed by atoms with Crippen molar-refractivity contribution in [2.45, 2.75) is 26.7 Å². The number of thiazole rings is 1. The third kappa shape index (κ3) is 4.26. The maximum atomic E-state index is 12.1. The van der Waals surface area contributed by atoms with Crippen LogP contribution >= 0.6 is 11.3 Å². The smallest absolute Gasteiger partial charge is 0.224 e. The highest BCUT2D eigenvalue weighted by atomic mass is 32.1. The zero-order valence-corrected chi connectivity index (χ0v) is 14.6. The van der Waals surface area contributed by atoms with E-state index in [4.69, 9.17) is 0 Å². The molecule has 0 unspecified atom stereocenters. The van der Waals surface area contributed by atoms with Crippen molar-refractivity contribution in [1.29, 1.82) is 0 Å². The summed E-state index contributed by atoms with van der Waals surface area (Å²) in [6, 6.07) is 9.93. The van der Waals surface area contributed by atoms with E-state index in [0.29, 0.717) is 12.8 Å². The Bertz CT molecular complexity index is 823. The average Bonchev–Trinajstić information content (AvgIpc) is 3.02. The van der Waals surface area contributed by atoms with E-state index in [-0.39, 0.29) is 5.91 Å². The Morgan fingerprint density at radius 3 is 2.71 bits per heavy atom. The fraction of sp³-hybridized carbons (Fsp3) is 0.211. The van der Waals surface area contributed by atoms with E-state index < -0.39 is 0 Å². The number of carbonyl (C=O) groups is 1. The summed E-state index contributed by atoms with van der Waals surface area (Å²) in [6.45, 7) is 4.05. The van der Waals surface area contributed by atoms with Crippen LogP contribution in [0, 0.1) is 13.8 Å². The summed E-state index contributed by atoms with van der Waals surface area (Å²) >= 11 is 1.58. The molecule has 1 aromatic carbocycles. The zero-order chi connectivity index (χ0) is 16.9. The lowest BCUT2D eigenvalue weighted by atomic mass is 10.1. The highest BCUT2D eigenvalue weighted by Crippen LogP contribution is 2.22. The van der Waals surface area contributed by atoms with Crippen LogP contribution in [0.25, 0.3) is 11.3 Å². The molecule has 24 heavy (non-hydrogen) atoms. The Hall–Kier alpha value is -2.53. The van der Waals surface area contributed by atoms with Crippen LogP contribution in [0.3, 0.4) is 0 Å². The van der Waals surface area contributed by atoms with Crippen LogP contribution in [-0.4, -0.2) is 15.9 Å². The number of rotatable bonds is 5. The first kappa shape index (κ1) is 16.3. The van der Waals surface area contributed by atoms with Crippen molar-refractivity contribution in [2.24, 2.45) is 0 Å². The number of aryl methyl sites for hydroxylation is 3. The van der Waals surface area contributed by atoms with Gasteiger partial charge in [-0.3, -0.25) is 9.78 Å². The molecule has 0 fully saturated rings. The molecule has 122 valence electrons. The first-order valence-electron chi connectivity index (χ1n) is 7.83. The van der Waals surface area contributed by atoms with Gasteiger partial charge in [0.2, 0.25) is 5.91 Å². The van der Waals surface area contributed by atoms with E-state index in [1.807, 2.05) is 43.5 Å². The summed E-state index contributed by atoms with van der Waals surface area (Å²) in [4.78, 5) is 20.8. The summed E-state index contributed by atoms with van der Waals surface area (Å²) in [5.41, 5.74) is 5.06. The molecule has 3 aromatic rings. The van der Waals surface area contributed by atoms with Gasteiger partial charge in [0.1, 0.15) is 0 Å². The van der Waals surface area contributed by atoms with E-state index in [2.05, 4.69) is 21.4 Å². The predicted octanol–water partition coefficient (Wildman–Crippen LogP) is 4.39. The van der Waals surface area contributed by atoms with E-state index >= 15 is 0 Å². The van der Waals surface area contributed by atoms with Crippen LogP contribution in [0.15, 0.2) is 48.1 Å². The van der Waals surface area contributed by atoms with Gasteiger partial charge in [0, 0.05) is 41.9 Å². The second kappa shape index (κ2) is 7.36. The van der Waals surface area contributed by atoms with Crippen LogP contribution in [0.1, 0.15) is 22.6 Å². The molecular weight excluding hydrogens is 318 g/mol. The summed E-state index contributed by atoms with van der Waals surface area (Å²) in [7, 11) is 0. The van der Waals surface area contributed by atoms with Gasteiger partial charge in [0.05, 0.1) is 10.7 Å². The molecule has 0 radical (unpaired) electrons. The maximum Gasteiger partial charge on any atom is 0.224 e. The molecule has 1 N–H and O–H groups in total. The van der Waals surface area contributed by atoms with Crippen molar-refractivity contribution in [3.63, 3.8) is 0 Å². The minimum atomic E-state index is 0.0122. The van der Waals surface area contributed by atoms with E-state index in [1.54, 1.807) is 23.7 Å². The van der Waals surface area contributed by atoms with Gasteiger partial charge < -0.3 is 5.32 Å². The Kier molecular flexibility index (Phi) is 5.01. The van der Waals surface area contributed by atoms with Crippen molar-refractivity contribution in [3.8, 4) is 11.3 Å². The zero-order valence-electron chi connectivity index (χ0n) is 13.7. The van der Waals surface area contributed by atoms with Gasteiger partial charge in [-0.1, -0.05) is 6.07 Å². The topological polar surface area (TPSA) is 54.9 Å². The largest absolute Gasteiger partial charge is 0.326 e. The van der Waals surface area contributed by atoms with Gasteiger partial charge >= 0.3 is 0 Å². The number of nitrogens with one attached hydrogen (secondary N) is 1. The number of hydrogen-bond acceptors (Lipinski definition) is 4. The molecule has 0 aliphatic heterocycles. The van der Waals surface area contributed by atoms with Crippen LogP contribution in [0.4, 0.5) is 5.69 Å². The maximum absolute atomic E-state index is 12.1. The number of benzene rings is 1. The highest BCUT2D eigenvalue weighted by Gasteiger charge is 2.08. The number of hydrogen-bond donors (Lipinski definition) is 1. The number of anilines is 1. The summed E-state index contributed by atoms with van der Waals surface area (Å²) in [5.74, 6) is 0.0122. The molecule has 0 aliphatic carbocycles. The number of amides is 1. The molecule has 0 saturated heterocycles. The molecule has 0 saturated carbocycles. The molecule has 4 nitrogen and oxygen atoms in total. The van der Waals surface area contributed by atoms with Gasteiger partial charge in [-0.2, -0.15) is 0 Å². The lowest BCUT2D eigenvalue weighted by Crippen LogP contribution is -2.12. The second-order valence-electron chi connectivity index (χ2n) is 5.79. The first-order valence-corrected chi connectivity index (χ1v) is 8.71. The number of nitrogens with zero attached hydrogens (tertiary/aromatic N) is 2. The molecule has 2 aromatic heterocycles. The monoisotopic (exact) mass is 337 g/mol.